The van der Waals surface area contributed by atoms with Crippen molar-refractivity contribution in [2.75, 3.05) is 14.2 Å². The second-order valence-electron chi connectivity index (χ2n) is 7.68. The monoisotopic (exact) mass is 442 g/mol. The third-order valence-corrected chi connectivity index (χ3v) is 5.62. The quantitative estimate of drug-likeness (QED) is 0.410. The number of aryl methyl sites for hydroxylation is 1. The third kappa shape index (κ3) is 4.90. The van der Waals surface area contributed by atoms with Gasteiger partial charge in [-0.25, -0.2) is 0 Å². The molecular formula is C27H26N2O4. The number of ether oxygens (including phenoxy) is 2. The molecule has 4 aromatic rings. The predicted molar refractivity (Wildman–Crippen MR) is 128 cm³/mol. The number of phenols is 1. The number of fused-ring (bicyclic) bond motifs is 1. The van der Waals surface area contributed by atoms with Crippen molar-refractivity contribution in [2.24, 2.45) is 0 Å². The van der Waals surface area contributed by atoms with Crippen molar-refractivity contribution in [2.45, 2.75) is 18.9 Å². The van der Waals surface area contributed by atoms with Gasteiger partial charge in [-0.3, -0.25) is 9.78 Å². The number of nitrogens with one attached hydrogen (secondary N) is 1. The number of hydrogen-bond acceptors (Lipinski definition) is 5. The van der Waals surface area contributed by atoms with Crippen LogP contribution in [0.4, 0.5) is 0 Å². The molecule has 1 amide bonds. The van der Waals surface area contributed by atoms with E-state index in [0.29, 0.717) is 35.4 Å². The van der Waals surface area contributed by atoms with Gasteiger partial charge in [0.2, 0.25) is 5.91 Å². The minimum atomic E-state index is -0.598. The lowest BCUT2D eigenvalue weighted by Gasteiger charge is -2.22. The molecule has 6 heteroatoms. The Kier molecular flexibility index (Phi) is 6.74. The minimum absolute atomic E-state index is 0.0382. The number of pyridine rings is 1. The first kappa shape index (κ1) is 22.1. The van der Waals surface area contributed by atoms with Crippen LogP contribution in [0.1, 0.15) is 29.2 Å². The van der Waals surface area contributed by atoms with Crippen LogP contribution >= 0.6 is 0 Å². The summed E-state index contributed by atoms with van der Waals surface area (Å²) >= 11 is 0. The molecule has 0 saturated carbocycles. The highest BCUT2D eigenvalue weighted by Crippen LogP contribution is 2.37. The summed E-state index contributed by atoms with van der Waals surface area (Å²) in [6.45, 7) is 0. The summed E-state index contributed by atoms with van der Waals surface area (Å²) in [6.07, 6.45) is 2.58. The van der Waals surface area contributed by atoms with Gasteiger partial charge in [0.1, 0.15) is 11.3 Å². The van der Waals surface area contributed by atoms with Crippen LogP contribution in [0.3, 0.4) is 0 Å². The number of nitrogens with zero attached hydrogens (tertiary/aromatic N) is 1. The number of hydrogen-bond donors (Lipinski definition) is 2. The van der Waals surface area contributed by atoms with E-state index >= 15 is 0 Å². The number of aromatic hydroxyl groups is 1. The molecule has 0 bridgehead atoms. The molecule has 1 heterocycles. The molecule has 0 aliphatic heterocycles. The summed E-state index contributed by atoms with van der Waals surface area (Å²) in [7, 11) is 3.13. The van der Waals surface area contributed by atoms with Crippen LogP contribution < -0.4 is 14.8 Å². The Morgan fingerprint density at radius 3 is 2.52 bits per heavy atom. The van der Waals surface area contributed by atoms with E-state index in [-0.39, 0.29) is 11.7 Å². The van der Waals surface area contributed by atoms with Crippen LogP contribution in [0.25, 0.3) is 10.9 Å². The molecule has 6 nitrogen and oxygen atoms in total. The van der Waals surface area contributed by atoms with Crippen molar-refractivity contribution in [3.05, 3.63) is 95.7 Å². The average Bonchev–Trinajstić information content (AvgIpc) is 2.87. The average molecular weight is 443 g/mol. The molecule has 0 fully saturated rings. The highest BCUT2D eigenvalue weighted by atomic mass is 16.5. The van der Waals surface area contributed by atoms with Crippen LogP contribution in [0.5, 0.6) is 17.2 Å². The Bertz CT molecular complexity index is 1260. The number of amides is 1. The fourth-order valence-corrected chi connectivity index (χ4v) is 3.89. The van der Waals surface area contributed by atoms with Crippen LogP contribution in [0.15, 0.2) is 79.0 Å². The molecule has 0 aliphatic rings. The van der Waals surface area contributed by atoms with Crippen LogP contribution in [-0.4, -0.2) is 30.2 Å². The maximum Gasteiger partial charge on any atom is 0.221 e. The molecule has 3 aromatic carbocycles. The van der Waals surface area contributed by atoms with Crippen molar-refractivity contribution in [1.29, 1.82) is 0 Å². The van der Waals surface area contributed by atoms with Crippen LogP contribution in [0.2, 0.25) is 0 Å². The van der Waals surface area contributed by atoms with Crippen molar-refractivity contribution in [1.82, 2.24) is 10.3 Å². The Hall–Kier alpha value is -4.06. The SMILES string of the molecule is COc1ccc(C(NC(=O)CCc2ccccc2)c2ccc3cccnc3c2O)cc1OC. The Balaban J connectivity index is 1.70. The second kappa shape index (κ2) is 10.0. The maximum absolute atomic E-state index is 13.0. The zero-order chi connectivity index (χ0) is 23.2. The molecular weight excluding hydrogens is 416 g/mol. The normalized spacial score (nSPS) is 11.7. The number of benzene rings is 3. The number of rotatable bonds is 8. The van der Waals surface area contributed by atoms with E-state index in [1.807, 2.05) is 66.7 Å². The standard InChI is InChI=1S/C27H26N2O4/c1-32-22-14-12-20(17-23(22)33-2)25(29-24(30)15-10-18-7-4-3-5-8-18)21-13-11-19-9-6-16-28-26(19)27(21)31/h3-9,11-14,16-17,25,31H,10,15H2,1-2H3,(H,29,30). The van der Waals surface area contributed by atoms with Gasteiger partial charge in [0, 0.05) is 23.6 Å². The summed E-state index contributed by atoms with van der Waals surface area (Å²) in [6, 6.07) is 22.1. The van der Waals surface area contributed by atoms with Gasteiger partial charge in [-0.1, -0.05) is 54.6 Å². The zero-order valence-corrected chi connectivity index (χ0v) is 18.6. The molecule has 0 radical (unpaired) electrons. The zero-order valence-electron chi connectivity index (χ0n) is 18.6. The van der Waals surface area contributed by atoms with Crippen molar-refractivity contribution >= 4 is 16.8 Å². The molecule has 0 saturated heterocycles. The third-order valence-electron chi connectivity index (χ3n) is 5.62. The molecule has 1 atom stereocenters. The molecule has 33 heavy (non-hydrogen) atoms. The lowest BCUT2D eigenvalue weighted by atomic mass is 9.95. The molecule has 168 valence electrons. The first-order valence-corrected chi connectivity index (χ1v) is 10.7. The first-order chi connectivity index (χ1) is 16.1. The van der Waals surface area contributed by atoms with Gasteiger partial charge in [0.05, 0.1) is 20.3 Å². The summed E-state index contributed by atoms with van der Waals surface area (Å²) < 4.78 is 10.8. The van der Waals surface area contributed by atoms with Gasteiger partial charge < -0.3 is 19.9 Å². The van der Waals surface area contributed by atoms with E-state index in [0.717, 1.165) is 16.5 Å². The lowest BCUT2D eigenvalue weighted by molar-refractivity contribution is -0.121. The van der Waals surface area contributed by atoms with E-state index < -0.39 is 6.04 Å². The van der Waals surface area contributed by atoms with E-state index in [2.05, 4.69) is 10.3 Å². The molecule has 1 aromatic heterocycles. The van der Waals surface area contributed by atoms with Gasteiger partial charge in [-0.05, 0) is 35.7 Å². The lowest BCUT2D eigenvalue weighted by Crippen LogP contribution is -2.29. The molecule has 0 spiro atoms. The first-order valence-electron chi connectivity index (χ1n) is 10.7. The summed E-state index contributed by atoms with van der Waals surface area (Å²) in [5.41, 5.74) is 2.89. The van der Waals surface area contributed by atoms with E-state index in [1.165, 1.54) is 0 Å². The van der Waals surface area contributed by atoms with E-state index in [4.69, 9.17) is 9.47 Å². The largest absolute Gasteiger partial charge is 0.505 e. The summed E-state index contributed by atoms with van der Waals surface area (Å²) in [4.78, 5) is 17.3. The van der Waals surface area contributed by atoms with Gasteiger partial charge in [0.15, 0.2) is 11.5 Å². The minimum Gasteiger partial charge on any atom is -0.505 e. The molecule has 2 N–H and O–H groups in total. The van der Waals surface area contributed by atoms with E-state index in [9.17, 15) is 9.90 Å². The van der Waals surface area contributed by atoms with Gasteiger partial charge in [0.25, 0.3) is 0 Å². The van der Waals surface area contributed by atoms with Crippen molar-refractivity contribution < 1.29 is 19.4 Å². The van der Waals surface area contributed by atoms with Crippen molar-refractivity contribution in [3.8, 4) is 17.2 Å². The Labute approximate surface area is 192 Å². The fourth-order valence-electron chi connectivity index (χ4n) is 3.89. The van der Waals surface area contributed by atoms with Crippen molar-refractivity contribution in [3.63, 3.8) is 0 Å². The molecule has 0 aliphatic carbocycles. The number of phenolic OH excluding ortho intramolecular Hbond substituents is 1. The highest BCUT2D eigenvalue weighted by Gasteiger charge is 2.23. The summed E-state index contributed by atoms with van der Waals surface area (Å²) in [5.74, 6) is 1.03. The Morgan fingerprint density at radius 2 is 1.76 bits per heavy atom. The summed E-state index contributed by atoms with van der Waals surface area (Å²) in [5, 5.41) is 15.0. The molecule has 1 unspecified atom stereocenters. The van der Waals surface area contributed by atoms with Gasteiger partial charge in [-0.2, -0.15) is 0 Å². The van der Waals surface area contributed by atoms with Crippen LogP contribution in [-0.2, 0) is 11.2 Å². The Morgan fingerprint density at radius 1 is 0.970 bits per heavy atom. The number of carbonyl (C=O) groups is 1. The molecule has 4 rings (SSSR count). The van der Waals surface area contributed by atoms with Gasteiger partial charge in [-0.15, -0.1) is 0 Å². The van der Waals surface area contributed by atoms with E-state index in [1.54, 1.807) is 26.5 Å². The number of carbonyl (C=O) groups excluding carboxylic acids is 1. The van der Waals surface area contributed by atoms with Gasteiger partial charge >= 0.3 is 0 Å². The topological polar surface area (TPSA) is 80.7 Å². The fraction of sp³-hybridized carbons (Fsp3) is 0.185. The van der Waals surface area contributed by atoms with Crippen LogP contribution in [0, 0.1) is 0 Å². The predicted octanol–water partition coefficient (Wildman–Crippen LogP) is 4.80. The number of methoxy groups -OCH3 is 2. The highest BCUT2D eigenvalue weighted by molar-refractivity contribution is 5.86. The maximum atomic E-state index is 13.0. The smallest absolute Gasteiger partial charge is 0.221 e. The number of aromatic nitrogens is 1. The second-order valence-corrected chi connectivity index (χ2v) is 7.68.